The van der Waals surface area contributed by atoms with Crippen molar-refractivity contribution in [2.75, 3.05) is 7.11 Å². The molecule has 2 aromatic rings. The van der Waals surface area contributed by atoms with Crippen LogP contribution in [-0.2, 0) is 11.3 Å². The lowest BCUT2D eigenvalue weighted by Gasteiger charge is -2.06. The van der Waals surface area contributed by atoms with E-state index in [1.165, 1.54) is 13.2 Å². The van der Waals surface area contributed by atoms with E-state index in [-0.39, 0.29) is 23.0 Å². The van der Waals surface area contributed by atoms with Gasteiger partial charge in [-0.3, -0.25) is 0 Å². The Labute approximate surface area is 107 Å². The number of ether oxygens (including phenoxy) is 1. The topological polar surface area (TPSA) is 35.0 Å². The number of benzene rings is 1. The molecule has 0 aliphatic rings. The van der Waals surface area contributed by atoms with Crippen LogP contribution in [0.4, 0.5) is 8.78 Å². The zero-order chi connectivity index (χ0) is 13.1. The Hall–Kier alpha value is -1.59. The quantitative estimate of drug-likeness (QED) is 0.803. The van der Waals surface area contributed by atoms with E-state index in [0.717, 1.165) is 18.2 Å². The lowest BCUT2D eigenvalue weighted by atomic mass is 10.1. The molecule has 1 aromatic carbocycles. The first-order valence-electron chi connectivity index (χ1n) is 5.08. The van der Waals surface area contributed by atoms with E-state index < -0.39 is 11.6 Å². The van der Waals surface area contributed by atoms with Gasteiger partial charge in [-0.15, -0.1) is 0 Å². The summed E-state index contributed by atoms with van der Waals surface area (Å²) in [5.74, 6) is -0.812. The molecule has 0 amide bonds. The highest BCUT2D eigenvalue weighted by molar-refractivity contribution is 6.29. The normalized spacial score (nSPS) is 10.7. The molecule has 0 saturated heterocycles. The van der Waals surface area contributed by atoms with Crippen LogP contribution in [0.5, 0.6) is 0 Å². The highest BCUT2D eigenvalue weighted by atomic mass is 35.5. The molecule has 0 aliphatic heterocycles. The van der Waals surface area contributed by atoms with E-state index in [9.17, 15) is 8.78 Å². The molecule has 94 valence electrons. The Morgan fingerprint density at radius 2 is 2.00 bits per heavy atom. The third-order valence-electron chi connectivity index (χ3n) is 2.22. The van der Waals surface area contributed by atoms with Crippen molar-refractivity contribution in [1.82, 2.24) is 9.97 Å². The Morgan fingerprint density at radius 3 is 2.72 bits per heavy atom. The molecule has 0 fully saturated rings. The van der Waals surface area contributed by atoms with E-state index in [0.29, 0.717) is 5.82 Å². The van der Waals surface area contributed by atoms with E-state index in [1.54, 1.807) is 0 Å². The fourth-order valence-corrected chi connectivity index (χ4v) is 1.69. The van der Waals surface area contributed by atoms with E-state index in [1.807, 2.05) is 0 Å². The van der Waals surface area contributed by atoms with Crippen LogP contribution in [0.3, 0.4) is 0 Å². The van der Waals surface area contributed by atoms with Gasteiger partial charge in [0.25, 0.3) is 0 Å². The second-order valence-corrected chi connectivity index (χ2v) is 3.94. The summed E-state index contributed by atoms with van der Waals surface area (Å²) in [7, 11) is 1.48. The van der Waals surface area contributed by atoms with Crippen LogP contribution in [-0.4, -0.2) is 17.1 Å². The van der Waals surface area contributed by atoms with Crippen molar-refractivity contribution >= 4 is 11.6 Å². The highest BCUT2D eigenvalue weighted by Gasteiger charge is 2.11. The molecule has 0 spiro atoms. The summed E-state index contributed by atoms with van der Waals surface area (Å²) in [5.41, 5.74) is 0.260. The van der Waals surface area contributed by atoms with Crippen molar-refractivity contribution < 1.29 is 13.5 Å². The Bertz CT molecular complexity index is 578. The number of methoxy groups -OCH3 is 1. The van der Waals surface area contributed by atoms with Gasteiger partial charge < -0.3 is 4.74 Å². The Morgan fingerprint density at radius 1 is 1.22 bits per heavy atom. The average molecular weight is 271 g/mol. The standard InChI is InChI=1S/C12H9ClF2N2O/c1-18-6-12-16-10(5-11(13)17-12)8-4-7(14)2-3-9(8)15/h2-5H,6H2,1H3. The number of nitrogens with zero attached hydrogens (tertiary/aromatic N) is 2. The molecule has 0 saturated carbocycles. The summed E-state index contributed by atoms with van der Waals surface area (Å²) in [5, 5.41) is 0.149. The summed E-state index contributed by atoms with van der Waals surface area (Å²) in [6, 6.07) is 4.51. The third-order valence-corrected chi connectivity index (χ3v) is 2.41. The van der Waals surface area contributed by atoms with Gasteiger partial charge in [-0.1, -0.05) is 11.6 Å². The minimum Gasteiger partial charge on any atom is -0.377 e. The van der Waals surface area contributed by atoms with Crippen LogP contribution >= 0.6 is 11.6 Å². The maximum absolute atomic E-state index is 13.6. The largest absolute Gasteiger partial charge is 0.377 e. The van der Waals surface area contributed by atoms with Gasteiger partial charge in [-0.25, -0.2) is 18.7 Å². The van der Waals surface area contributed by atoms with Crippen molar-refractivity contribution in [3.05, 3.63) is 46.9 Å². The Balaban J connectivity index is 2.52. The first-order valence-corrected chi connectivity index (χ1v) is 5.46. The van der Waals surface area contributed by atoms with Gasteiger partial charge in [-0.2, -0.15) is 0 Å². The first-order chi connectivity index (χ1) is 8.60. The fraction of sp³-hybridized carbons (Fsp3) is 0.167. The van der Waals surface area contributed by atoms with Gasteiger partial charge in [0.15, 0.2) is 5.82 Å². The smallest absolute Gasteiger partial charge is 0.156 e. The number of aromatic nitrogens is 2. The number of halogens is 3. The van der Waals surface area contributed by atoms with E-state index in [4.69, 9.17) is 16.3 Å². The van der Waals surface area contributed by atoms with Gasteiger partial charge in [0.2, 0.25) is 0 Å². The first kappa shape index (κ1) is 12.9. The molecule has 3 nitrogen and oxygen atoms in total. The summed E-state index contributed by atoms with van der Waals surface area (Å²) in [6.45, 7) is 0.143. The minimum absolute atomic E-state index is 0.0386. The van der Waals surface area contributed by atoms with Gasteiger partial charge in [0, 0.05) is 18.7 Å². The van der Waals surface area contributed by atoms with E-state index in [2.05, 4.69) is 9.97 Å². The van der Waals surface area contributed by atoms with Crippen LogP contribution in [0.25, 0.3) is 11.3 Å². The summed E-state index contributed by atoms with van der Waals surface area (Å²) >= 11 is 5.80. The molecule has 6 heteroatoms. The van der Waals surface area contributed by atoms with Crippen LogP contribution in [0, 0.1) is 11.6 Å². The molecule has 0 N–H and O–H groups in total. The maximum atomic E-state index is 13.6. The second kappa shape index (κ2) is 5.37. The second-order valence-electron chi connectivity index (χ2n) is 3.55. The monoisotopic (exact) mass is 270 g/mol. The molecule has 2 rings (SSSR count). The minimum atomic E-state index is -0.575. The molecular formula is C12H9ClF2N2O. The van der Waals surface area contributed by atoms with Crippen LogP contribution in [0.15, 0.2) is 24.3 Å². The number of hydrogen-bond acceptors (Lipinski definition) is 3. The number of rotatable bonds is 3. The maximum Gasteiger partial charge on any atom is 0.156 e. The molecule has 0 aliphatic carbocycles. The van der Waals surface area contributed by atoms with Crippen molar-refractivity contribution in [2.45, 2.75) is 6.61 Å². The molecular weight excluding hydrogens is 262 g/mol. The van der Waals surface area contributed by atoms with E-state index >= 15 is 0 Å². The average Bonchev–Trinajstić information content (AvgIpc) is 2.32. The highest BCUT2D eigenvalue weighted by Crippen LogP contribution is 2.24. The van der Waals surface area contributed by atoms with Crippen molar-refractivity contribution in [1.29, 1.82) is 0 Å². The van der Waals surface area contributed by atoms with Crippen molar-refractivity contribution in [3.63, 3.8) is 0 Å². The van der Waals surface area contributed by atoms with Crippen molar-refractivity contribution in [3.8, 4) is 11.3 Å². The predicted molar refractivity (Wildman–Crippen MR) is 63.1 cm³/mol. The zero-order valence-electron chi connectivity index (χ0n) is 9.45. The Kier molecular flexibility index (Phi) is 3.84. The summed E-state index contributed by atoms with van der Waals surface area (Å²) in [6.07, 6.45) is 0. The molecule has 1 aromatic heterocycles. The summed E-state index contributed by atoms with van der Waals surface area (Å²) in [4.78, 5) is 7.98. The molecule has 0 bridgehead atoms. The molecule has 18 heavy (non-hydrogen) atoms. The predicted octanol–water partition coefficient (Wildman–Crippen LogP) is 3.22. The molecule has 0 radical (unpaired) electrons. The lowest BCUT2D eigenvalue weighted by molar-refractivity contribution is 0.178. The zero-order valence-corrected chi connectivity index (χ0v) is 10.2. The van der Waals surface area contributed by atoms with Gasteiger partial charge in [0.05, 0.1) is 5.69 Å². The fourth-order valence-electron chi connectivity index (χ4n) is 1.49. The molecule has 0 atom stereocenters. The summed E-state index contributed by atoms with van der Waals surface area (Å²) < 4.78 is 31.6. The lowest BCUT2D eigenvalue weighted by Crippen LogP contribution is -2.00. The number of hydrogen-bond donors (Lipinski definition) is 0. The van der Waals surface area contributed by atoms with Crippen LogP contribution in [0.2, 0.25) is 5.15 Å². The SMILES string of the molecule is COCc1nc(Cl)cc(-c2cc(F)ccc2F)n1. The van der Waals surface area contributed by atoms with Crippen molar-refractivity contribution in [2.24, 2.45) is 0 Å². The molecule has 1 heterocycles. The third kappa shape index (κ3) is 2.80. The van der Waals surface area contributed by atoms with Crippen LogP contribution in [0.1, 0.15) is 5.82 Å². The van der Waals surface area contributed by atoms with Gasteiger partial charge in [-0.05, 0) is 18.2 Å². The van der Waals surface area contributed by atoms with Gasteiger partial charge in [0.1, 0.15) is 23.4 Å². The van der Waals surface area contributed by atoms with Crippen LogP contribution < -0.4 is 0 Å². The van der Waals surface area contributed by atoms with Gasteiger partial charge >= 0.3 is 0 Å². The molecule has 0 unspecified atom stereocenters.